The maximum atomic E-state index is 13.1. The standard InChI is InChI=1S/C24H31ClN2O3/c1-16-11-12-17(2)21(13-16)30-15-22(28)27(14-19-9-7-8-10-20(19)25)18(3)23(29)26-24(4,5)6/h7-13,18H,14-15H2,1-6H3,(H,26,29). The van der Waals surface area contributed by atoms with Crippen LogP contribution in [0.2, 0.25) is 5.02 Å². The summed E-state index contributed by atoms with van der Waals surface area (Å²) in [6.45, 7) is 11.4. The molecule has 2 amide bonds. The van der Waals surface area contributed by atoms with Crippen LogP contribution in [0.15, 0.2) is 42.5 Å². The van der Waals surface area contributed by atoms with E-state index >= 15 is 0 Å². The van der Waals surface area contributed by atoms with Crippen molar-refractivity contribution in [2.45, 2.75) is 59.7 Å². The molecule has 162 valence electrons. The van der Waals surface area contributed by atoms with E-state index in [1.807, 2.05) is 71.0 Å². The zero-order valence-electron chi connectivity index (χ0n) is 18.6. The SMILES string of the molecule is Cc1ccc(C)c(OCC(=O)N(Cc2ccccc2Cl)C(C)C(=O)NC(C)(C)C)c1. The highest BCUT2D eigenvalue weighted by molar-refractivity contribution is 6.31. The van der Waals surface area contributed by atoms with Crippen LogP contribution in [0.4, 0.5) is 0 Å². The summed E-state index contributed by atoms with van der Waals surface area (Å²) in [5, 5.41) is 3.49. The van der Waals surface area contributed by atoms with Gasteiger partial charge in [-0.05, 0) is 70.4 Å². The molecule has 2 aromatic carbocycles. The Morgan fingerprint density at radius 2 is 1.80 bits per heavy atom. The van der Waals surface area contributed by atoms with Crippen LogP contribution in [0.1, 0.15) is 44.4 Å². The minimum atomic E-state index is -0.685. The molecule has 30 heavy (non-hydrogen) atoms. The van der Waals surface area contributed by atoms with E-state index in [0.29, 0.717) is 10.8 Å². The number of amides is 2. The average molecular weight is 431 g/mol. The van der Waals surface area contributed by atoms with Gasteiger partial charge in [0.2, 0.25) is 5.91 Å². The fourth-order valence-corrected chi connectivity index (χ4v) is 3.15. The van der Waals surface area contributed by atoms with Crippen LogP contribution in [0, 0.1) is 13.8 Å². The first-order chi connectivity index (χ1) is 14.0. The Morgan fingerprint density at radius 1 is 1.13 bits per heavy atom. The van der Waals surface area contributed by atoms with Crippen molar-refractivity contribution >= 4 is 23.4 Å². The second-order valence-electron chi connectivity index (χ2n) is 8.59. The van der Waals surface area contributed by atoms with Crippen LogP contribution in [-0.2, 0) is 16.1 Å². The van der Waals surface area contributed by atoms with E-state index in [4.69, 9.17) is 16.3 Å². The van der Waals surface area contributed by atoms with Gasteiger partial charge in [-0.25, -0.2) is 0 Å². The number of nitrogens with zero attached hydrogens (tertiary/aromatic N) is 1. The Labute approximate surface area is 184 Å². The van der Waals surface area contributed by atoms with Gasteiger partial charge >= 0.3 is 0 Å². The number of carbonyl (C=O) groups excluding carboxylic acids is 2. The molecule has 0 heterocycles. The van der Waals surface area contributed by atoms with E-state index < -0.39 is 11.6 Å². The van der Waals surface area contributed by atoms with Gasteiger partial charge in [0, 0.05) is 17.1 Å². The number of carbonyl (C=O) groups is 2. The number of aryl methyl sites for hydroxylation is 2. The molecule has 1 unspecified atom stereocenters. The minimum Gasteiger partial charge on any atom is -0.483 e. The van der Waals surface area contributed by atoms with Crippen LogP contribution in [0.5, 0.6) is 5.75 Å². The molecule has 6 heteroatoms. The maximum Gasteiger partial charge on any atom is 0.261 e. The summed E-state index contributed by atoms with van der Waals surface area (Å²) >= 11 is 6.31. The molecule has 1 N–H and O–H groups in total. The third kappa shape index (κ3) is 6.77. The molecule has 5 nitrogen and oxygen atoms in total. The van der Waals surface area contributed by atoms with Crippen molar-refractivity contribution in [1.29, 1.82) is 0 Å². The van der Waals surface area contributed by atoms with Crippen molar-refractivity contribution in [2.75, 3.05) is 6.61 Å². The molecule has 1 atom stereocenters. The fraction of sp³-hybridized carbons (Fsp3) is 0.417. The molecule has 0 fully saturated rings. The molecule has 0 aliphatic rings. The molecule has 0 aromatic heterocycles. The van der Waals surface area contributed by atoms with E-state index in [1.54, 1.807) is 13.0 Å². The highest BCUT2D eigenvalue weighted by Gasteiger charge is 2.29. The molecule has 0 aliphatic carbocycles. The smallest absolute Gasteiger partial charge is 0.261 e. The number of nitrogens with one attached hydrogen (secondary N) is 1. The molecule has 2 rings (SSSR count). The maximum absolute atomic E-state index is 13.1. The molecule has 0 radical (unpaired) electrons. The van der Waals surface area contributed by atoms with E-state index in [0.717, 1.165) is 16.7 Å². The lowest BCUT2D eigenvalue weighted by Gasteiger charge is -2.31. The number of halogens is 1. The zero-order valence-corrected chi connectivity index (χ0v) is 19.3. The van der Waals surface area contributed by atoms with Gasteiger partial charge in [-0.3, -0.25) is 9.59 Å². The van der Waals surface area contributed by atoms with Crippen LogP contribution in [-0.4, -0.2) is 34.9 Å². The molecular formula is C24H31ClN2O3. The largest absolute Gasteiger partial charge is 0.483 e. The minimum absolute atomic E-state index is 0.165. The van der Waals surface area contributed by atoms with Crippen molar-refractivity contribution in [1.82, 2.24) is 10.2 Å². The van der Waals surface area contributed by atoms with Crippen molar-refractivity contribution in [2.24, 2.45) is 0 Å². The summed E-state index contributed by atoms with van der Waals surface area (Å²) in [5.41, 5.74) is 2.37. The fourth-order valence-electron chi connectivity index (χ4n) is 2.95. The number of ether oxygens (including phenoxy) is 1. The Morgan fingerprint density at radius 3 is 2.43 bits per heavy atom. The molecule has 0 saturated heterocycles. The van der Waals surface area contributed by atoms with Crippen LogP contribution < -0.4 is 10.1 Å². The van der Waals surface area contributed by atoms with Crippen LogP contribution >= 0.6 is 11.6 Å². The third-order valence-electron chi connectivity index (χ3n) is 4.66. The van der Waals surface area contributed by atoms with Crippen molar-refractivity contribution in [3.63, 3.8) is 0 Å². The predicted octanol–water partition coefficient (Wildman–Crippen LogP) is 4.67. The van der Waals surface area contributed by atoms with Gasteiger partial charge in [-0.15, -0.1) is 0 Å². The third-order valence-corrected chi connectivity index (χ3v) is 5.03. The molecule has 0 saturated carbocycles. The highest BCUT2D eigenvalue weighted by Crippen LogP contribution is 2.21. The number of hydrogen-bond acceptors (Lipinski definition) is 3. The molecule has 0 aliphatic heterocycles. The summed E-state index contributed by atoms with van der Waals surface area (Å²) in [4.78, 5) is 27.4. The second kappa shape index (κ2) is 9.98. The van der Waals surface area contributed by atoms with Gasteiger partial charge in [0.15, 0.2) is 6.61 Å². The van der Waals surface area contributed by atoms with E-state index in [2.05, 4.69) is 5.32 Å². The number of rotatable bonds is 7. The quantitative estimate of drug-likeness (QED) is 0.694. The lowest BCUT2D eigenvalue weighted by atomic mass is 10.1. The van der Waals surface area contributed by atoms with Gasteiger partial charge in [0.05, 0.1) is 0 Å². The Hall–Kier alpha value is -2.53. The predicted molar refractivity (Wildman–Crippen MR) is 121 cm³/mol. The van der Waals surface area contributed by atoms with Gasteiger partial charge in [-0.2, -0.15) is 0 Å². The van der Waals surface area contributed by atoms with E-state index in [-0.39, 0.29) is 25.0 Å². The lowest BCUT2D eigenvalue weighted by Crippen LogP contribution is -2.53. The van der Waals surface area contributed by atoms with Crippen molar-refractivity contribution in [3.05, 3.63) is 64.2 Å². The first-order valence-electron chi connectivity index (χ1n) is 10.0. The second-order valence-corrected chi connectivity index (χ2v) is 8.99. The Kier molecular flexibility index (Phi) is 7.90. The zero-order chi connectivity index (χ0) is 22.5. The summed E-state index contributed by atoms with van der Waals surface area (Å²) < 4.78 is 5.80. The first-order valence-corrected chi connectivity index (χ1v) is 10.4. The summed E-state index contributed by atoms with van der Waals surface area (Å²) in [5.74, 6) is 0.148. The molecule has 2 aromatic rings. The summed E-state index contributed by atoms with van der Waals surface area (Å²) in [7, 11) is 0. The Balaban J connectivity index is 2.22. The molecular weight excluding hydrogens is 400 g/mol. The first kappa shape index (κ1) is 23.7. The van der Waals surface area contributed by atoms with Gasteiger partial charge < -0.3 is 15.0 Å². The summed E-state index contributed by atoms with van der Waals surface area (Å²) in [6.07, 6.45) is 0. The molecule has 0 spiro atoms. The summed E-state index contributed by atoms with van der Waals surface area (Å²) in [6, 6.07) is 12.5. The van der Waals surface area contributed by atoms with Gasteiger partial charge in [-0.1, -0.05) is 41.9 Å². The highest BCUT2D eigenvalue weighted by atomic mass is 35.5. The van der Waals surface area contributed by atoms with E-state index in [9.17, 15) is 9.59 Å². The topological polar surface area (TPSA) is 58.6 Å². The van der Waals surface area contributed by atoms with Crippen molar-refractivity contribution < 1.29 is 14.3 Å². The molecule has 0 bridgehead atoms. The van der Waals surface area contributed by atoms with Gasteiger partial charge in [0.25, 0.3) is 5.91 Å². The van der Waals surface area contributed by atoms with E-state index in [1.165, 1.54) is 4.90 Å². The van der Waals surface area contributed by atoms with Gasteiger partial charge in [0.1, 0.15) is 11.8 Å². The number of benzene rings is 2. The average Bonchev–Trinajstić information content (AvgIpc) is 2.66. The normalized spacial score (nSPS) is 12.2. The lowest BCUT2D eigenvalue weighted by molar-refractivity contribution is -0.142. The van der Waals surface area contributed by atoms with Crippen LogP contribution in [0.3, 0.4) is 0 Å². The monoisotopic (exact) mass is 430 g/mol. The van der Waals surface area contributed by atoms with Crippen LogP contribution in [0.25, 0.3) is 0 Å². The Bertz CT molecular complexity index is 906. The van der Waals surface area contributed by atoms with Crippen molar-refractivity contribution in [3.8, 4) is 5.75 Å². The number of hydrogen-bond donors (Lipinski definition) is 1.